The van der Waals surface area contributed by atoms with Gasteiger partial charge in [0.25, 0.3) is 0 Å². The highest BCUT2D eigenvalue weighted by Gasteiger charge is 2.24. The molecule has 0 radical (unpaired) electrons. The van der Waals surface area contributed by atoms with Crippen molar-refractivity contribution in [3.8, 4) is 0 Å². The number of carbonyl (C=O) groups excluding carboxylic acids is 2. The molecule has 1 aromatic heterocycles. The predicted octanol–water partition coefficient (Wildman–Crippen LogP) is 0.681. The van der Waals surface area contributed by atoms with Gasteiger partial charge in [-0.15, -0.1) is 11.3 Å². The van der Waals surface area contributed by atoms with Crippen LogP contribution in [0.15, 0.2) is 5.38 Å². The summed E-state index contributed by atoms with van der Waals surface area (Å²) >= 11 is 1.44. The van der Waals surface area contributed by atoms with E-state index in [0.717, 1.165) is 49.7 Å². The molecule has 6 nitrogen and oxygen atoms in total. The number of hydrogen-bond acceptors (Lipinski definition) is 5. The number of carbonyl (C=O) groups is 2. The molecule has 7 heteroatoms. The van der Waals surface area contributed by atoms with Gasteiger partial charge >= 0.3 is 0 Å². The third-order valence-electron chi connectivity index (χ3n) is 3.85. The van der Waals surface area contributed by atoms with Crippen LogP contribution in [0.2, 0.25) is 0 Å². The maximum atomic E-state index is 12.0. The van der Waals surface area contributed by atoms with E-state index in [2.05, 4.69) is 15.6 Å². The van der Waals surface area contributed by atoms with E-state index < -0.39 is 0 Å². The monoisotopic (exact) mass is 308 g/mol. The lowest BCUT2D eigenvalue weighted by Gasteiger charge is -2.23. The minimum absolute atomic E-state index is 0.00768. The van der Waals surface area contributed by atoms with Crippen molar-refractivity contribution in [2.24, 2.45) is 0 Å². The Balaban J connectivity index is 1.54. The van der Waals surface area contributed by atoms with Gasteiger partial charge in [0.1, 0.15) is 0 Å². The first kappa shape index (κ1) is 14.5. The Morgan fingerprint density at radius 3 is 3.14 bits per heavy atom. The van der Waals surface area contributed by atoms with Gasteiger partial charge in [-0.3, -0.25) is 14.5 Å². The Morgan fingerprint density at radius 2 is 2.43 bits per heavy atom. The van der Waals surface area contributed by atoms with E-state index in [-0.39, 0.29) is 24.3 Å². The fourth-order valence-corrected chi connectivity index (χ4v) is 3.64. The second-order valence-corrected chi connectivity index (χ2v) is 6.39. The molecule has 2 aliphatic heterocycles. The molecular formula is C14H20N4O2S. The van der Waals surface area contributed by atoms with Gasteiger partial charge in [-0.2, -0.15) is 0 Å². The predicted molar refractivity (Wildman–Crippen MR) is 81.4 cm³/mol. The average Bonchev–Trinajstić information content (AvgIpc) is 3.08. The fraction of sp³-hybridized carbons (Fsp3) is 0.643. The minimum Gasteiger partial charge on any atom is -0.352 e. The maximum absolute atomic E-state index is 12.0. The van der Waals surface area contributed by atoms with Crippen molar-refractivity contribution in [3.05, 3.63) is 11.1 Å². The minimum atomic E-state index is 0.00768. The number of thiazole rings is 1. The number of rotatable bonds is 4. The zero-order chi connectivity index (χ0) is 14.7. The SMILES string of the molecule is O=C(Cc1csc(N2CCCC2=O)n1)N[C@H]1CCCNC1. The van der Waals surface area contributed by atoms with Gasteiger partial charge < -0.3 is 10.6 Å². The Morgan fingerprint density at radius 1 is 1.52 bits per heavy atom. The van der Waals surface area contributed by atoms with Gasteiger partial charge in [-0.05, 0) is 25.8 Å². The van der Waals surface area contributed by atoms with Gasteiger partial charge in [0.15, 0.2) is 5.13 Å². The Kier molecular flexibility index (Phi) is 4.50. The van der Waals surface area contributed by atoms with Gasteiger partial charge in [0.05, 0.1) is 12.1 Å². The van der Waals surface area contributed by atoms with Crippen LogP contribution in [0.1, 0.15) is 31.4 Å². The number of anilines is 1. The molecule has 3 rings (SSSR count). The van der Waals surface area contributed by atoms with E-state index in [0.29, 0.717) is 6.42 Å². The van der Waals surface area contributed by atoms with E-state index >= 15 is 0 Å². The number of nitrogens with one attached hydrogen (secondary N) is 2. The van der Waals surface area contributed by atoms with Crippen LogP contribution in [0, 0.1) is 0 Å². The molecule has 0 saturated carbocycles. The smallest absolute Gasteiger partial charge is 0.228 e. The first-order valence-electron chi connectivity index (χ1n) is 7.47. The molecule has 3 heterocycles. The maximum Gasteiger partial charge on any atom is 0.228 e. The van der Waals surface area contributed by atoms with Crippen LogP contribution in [0.25, 0.3) is 0 Å². The van der Waals surface area contributed by atoms with Crippen LogP contribution in [0.3, 0.4) is 0 Å². The van der Waals surface area contributed by atoms with E-state index in [1.807, 2.05) is 5.38 Å². The normalized spacial score (nSPS) is 22.6. The third-order valence-corrected chi connectivity index (χ3v) is 4.76. The summed E-state index contributed by atoms with van der Waals surface area (Å²) in [5.74, 6) is 0.141. The second kappa shape index (κ2) is 6.53. The molecule has 0 bridgehead atoms. The summed E-state index contributed by atoms with van der Waals surface area (Å²) < 4.78 is 0. The van der Waals surface area contributed by atoms with Crippen LogP contribution in [0.5, 0.6) is 0 Å². The average molecular weight is 308 g/mol. The van der Waals surface area contributed by atoms with Crippen molar-refractivity contribution in [3.63, 3.8) is 0 Å². The molecular weight excluding hydrogens is 288 g/mol. The van der Waals surface area contributed by atoms with Gasteiger partial charge in [0, 0.05) is 30.9 Å². The number of piperidine rings is 1. The fourth-order valence-electron chi connectivity index (χ4n) is 2.77. The summed E-state index contributed by atoms with van der Waals surface area (Å²) in [5, 5.41) is 8.91. The van der Waals surface area contributed by atoms with Crippen LogP contribution < -0.4 is 15.5 Å². The van der Waals surface area contributed by atoms with Crippen molar-refractivity contribution < 1.29 is 9.59 Å². The second-order valence-electron chi connectivity index (χ2n) is 5.56. The van der Waals surface area contributed by atoms with Crippen molar-refractivity contribution >= 4 is 28.3 Å². The molecule has 0 spiro atoms. The Hall–Kier alpha value is -1.47. The van der Waals surface area contributed by atoms with Crippen molar-refractivity contribution in [2.75, 3.05) is 24.5 Å². The Bertz CT molecular complexity index is 525. The number of amides is 2. The summed E-state index contributed by atoms with van der Waals surface area (Å²) in [5.41, 5.74) is 0.746. The quantitative estimate of drug-likeness (QED) is 0.858. The molecule has 1 aromatic rings. The first-order valence-corrected chi connectivity index (χ1v) is 8.35. The molecule has 2 aliphatic rings. The lowest BCUT2D eigenvalue weighted by molar-refractivity contribution is -0.121. The number of hydrogen-bond donors (Lipinski definition) is 2. The van der Waals surface area contributed by atoms with Crippen LogP contribution in [-0.2, 0) is 16.0 Å². The standard InChI is InChI=1S/C14H20N4O2S/c19-12(16-10-3-1-5-15-8-10)7-11-9-21-14(17-11)18-6-2-4-13(18)20/h9-10,15H,1-8H2,(H,16,19)/t10-/m0/s1. The lowest BCUT2D eigenvalue weighted by Crippen LogP contribution is -2.46. The zero-order valence-corrected chi connectivity index (χ0v) is 12.7. The topological polar surface area (TPSA) is 74.3 Å². The lowest BCUT2D eigenvalue weighted by atomic mass is 10.1. The highest BCUT2D eigenvalue weighted by Crippen LogP contribution is 2.25. The molecule has 21 heavy (non-hydrogen) atoms. The summed E-state index contributed by atoms with van der Waals surface area (Å²) in [6, 6.07) is 0.226. The molecule has 0 unspecified atom stereocenters. The van der Waals surface area contributed by atoms with E-state index in [4.69, 9.17) is 0 Å². The van der Waals surface area contributed by atoms with Crippen LogP contribution >= 0.6 is 11.3 Å². The van der Waals surface area contributed by atoms with Gasteiger partial charge in [-0.1, -0.05) is 0 Å². The molecule has 0 aliphatic carbocycles. The van der Waals surface area contributed by atoms with Crippen LogP contribution in [0.4, 0.5) is 5.13 Å². The molecule has 2 fully saturated rings. The van der Waals surface area contributed by atoms with Gasteiger partial charge in [0.2, 0.25) is 11.8 Å². The molecule has 2 saturated heterocycles. The molecule has 2 N–H and O–H groups in total. The molecule has 0 aromatic carbocycles. The highest BCUT2D eigenvalue weighted by atomic mass is 32.1. The molecule has 1 atom stereocenters. The van der Waals surface area contributed by atoms with Gasteiger partial charge in [-0.25, -0.2) is 4.98 Å². The van der Waals surface area contributed by atoms with E-state index in [1.54, 1.807) is 4.90 Å². The van der Waals surface area contributed by atoms with E-state index in [9.17, 15) is 9.59 Å². The van der Waals surface area contributed by atoms with Crippen molar-refractivity contribution in [1.29, 1.82) is 0 Å². The summed E-state index contributed by atoms with van der Waals surface area (Å²) in [6.45, 7) is 2.62. The first-order chi connectivity index (χ1) is 10.2. The highest BCUT2D eigenvalue weighted by molar-refractivity contribution is 7.14. The van der Waals surface area contributed by atoms with Crippen molar-refractivity contribution in [2.45, 2.75) is 38.1 Å². The number of nitrogens with zero attached hydrogens (tertiary/aromatic N) is 2. The molecule has 114 valence electrons. The number of aromatic nitrogens is 1. The zero-order valence-electron chi connectivity index (χ0n) is 11.9. The van der Waals surface area contributed by atoms with Crippen LogP contribution in [-0.4, -0.2) is 42.5 Å². The summed E-state index contributed by atoms with van der Waals surface area (Å²) in [6.07, 6.45) is 3.91. The summed E-state index contributed by atoms with van der Waals surface area (Å²) in [4.78, 5) is 29.8. The molecule has 2 amide bonds. The largest absolute Gasteiger partial charge is 0.352 e. The summed E-state index contributed by atoms with van der Waals surface area (Å²) in [7, 11) is 0. The Labute approximate surface area is 127 Å². The van der Waals surface area contributed by atoms with Crippen molar-refractivity contribution in [1.82, 2.24) is 15.6 Å². The third kappa shape index (κ3) is 3.59. The van der Waals surface area contributed by atoms with E-state index in [1.165, 1.54) is 11.3 Å².